The Morgan fingerprint density at radius 1 is 1.15 bits per heavy atom. The lowest BCUT2D eigenvalue weighted by atomic mass is 9.98. The van der Waals surface area contributed by atoms with Crippen LogP contribution >= 0.6 is 0 Å². The number of hydrogen-bond acceptors (Lipinski definition) is 4. The zero-order valence-electron chi connectivity index (χ0n) is 15.4. The van der Waals surface area contributed by atoms with Crippen LogP contribution in [-0.2, 0) is 0 Å². The maximum absolute atomic E-state index is 12.9. The fourth-order valence-corrected chi connectivity index (χ4v) is 4.11. The Hall–Kier alpha value is -2.70. The second-order valence-electron chi connectivity index (χ2n) is 7.42. The van der Waals surface area contributed by atoms with Gasteiger partial charge in [0.15, 0.2) is 0 Å². The minimum Gasteiger partial charge on any atom is -0.348 e. The van der Waals surface area contributed by atoms with Gasteiger partial charge in [-0.1, -0.05) is 12.8 Å². The second kappa shape index (κ2) is 7.90. The monoisotopic (exact) mass is 367 g/mol. The number of hydrogen-bond donors (Lipinski definition) is 2. The van der Waals surface area contributed by atoms with Gasteiger partial charge in [0.1, 0.15) is 5.69 Å². The van der Waals surface area contributed by atoms with Gasteiger partial charge < -0.3 is 10.2 Å². The van der Waals surface area contributed by atoms with Gasteiger partial charge in [-0.2, -0.15) is 5.10 Å². The van der Waals surface area contributed by atoms with Crippen molar-refractivity contribution in [1.29, 1.82) is 0 Å². The summed E-state index contributed by atoms with van der Waals surface area (Å²) in [5.41, 5.74) is 1.81. The summed E-state index contributed by atoms with van der Waals surface area (Å²) in [6.45, 7) is 0.695. The summed E-state index contributed by atoms with van der Waals surface area (Å²) in [4.78, 5) is 31.3. The van der Waals surface area contributed by atoms with Crippen LogP contribution in [0.15, 0.2) is 30.6 Å². The summed E-state index contributed by atoms with van der Waals surface area (Å²) in [5, 5.41) is 10.3. The average Bonchev–Trinajstić information content (AvgIpc) is 3.40. The first-order valence-corrected chi connectivity index (χ1v) is 9.79. The summed E-state index contributed by atoms with van der Waals surface area (Å²) in [6.07, 6.45) is 10.6. The molecule has 0 radical (unpaired) electrons. The summed E-state index contributed by atoms with van der Waals surface area (Å²) in [7, 11) is 0. The second-order valence-corrected chi connectivity index (χ2v) is 7.42. The van der Waals surface area contributed by atoms with E-state index in [0.29, 0.717) is 17.8 Å². The Morgan fingerprint density at radius 3 is 2.74 bits per heavy atom. The third-order valence-electron chi connectivity index (χ3n) is 5.55. The molecule has 1 saturated carbocycles. The van der Waals surface area contributed by atoms with Crippen molar-refractivity contribution in [3.8, 4) is 0 Å². The molecule has 2 aromatic heterocycles. The van der Waals surface area contributed by atoms with Crippen LogP contribution in [0.1, 0.15) is 77.5 Å². The minimum absolute atomic E-state index is 0.0284. The largest absolute Gasteiger partial charge is 0.348 e. The third kappa shape index (κ3) is 3.86. The molecule has 2 aliphatic rings. The van der Waals surface area contributed by atoms with Crippen LogP contribution in [-0.4, -0.2) is 44.5 Å². The molecule has 0 bridgehead atoms. The van der Waals surface area contributed by atoms with E-state index in [1.54, 1.807) is 30.6 Å². The van der Waals surface area contributed by atoms with E-state index >= 15 is 0 Å². The van der Waals surface area contributed by atoms with Crippen molar-refractivity contribution in [1.82, 2.24) is 25.4 Å². The molecule has 27 heavy (non-hydrogen) atoms. The number of nitrogens with zero attached hydrogens (tertiary/aromatic N) is 3. The molecule has 2 N–H and O–H groups in total. The molecular formula is C20H25N5O2. The lowest BCUT2D eigenvalue weighted by Crippen LogP contribution is -2.38. The van der Waals surface area contributed by atoms with E-state index in [0.717, 1.165) is 37.8 Å². The van der Waals surface area contributed by atoms with Gasteiger partial charge in [-0.05, 0) is 50.3 Å². The van der Waals surface area contributed by atoms with Crippen LogP contribution < -0.4 is 5.32 Å². The first-order chi connectivity index (χ1) is 13.2. The van der Waals surface area contributed by atoms with Gasteiger partial charge in [-0.3, -0.25) is 19.7 Å². The van der Waals surface area contributed by atoms with Gasteiger partial charge in [0.25, 0.3) is 11.8 Å². The number of aromatic amines is 1. The molecular weight excluding hydrogens is 342 g/mol. The highest BCUT2D eigenvalue weighted by Crippen LogP contribution is 2.31. The summed E-state index contributed by atoms with van der Waals surface area (Å²) < 4.78 is 0. The van der Waals surface area contributed by atoms with E-state index in [4.69, 9.17) is 0 Å². The number of nitrogens with one attached hydrogen (secondary N) is 2. The van der Waals surface area contributed by atoms with Crippen molar-refractivity contribution in [2.45, 2.75) is 57.0 Å². The molecule has 1 atom stereocenters. The number of piperidine rings is 1. The van der Waals surface area contributed by atoms with E-state index in [2.05, 4.69) is 20.5 Å². The fraction of sp³-hybridized carbons (Fsp3) is 0.500. The quantitative estimate of drug-likeness (QED) is 0.869. The molecule has 0 spiro atoms. The number of carbonyl (C=O) groups excluding carboxylic acids is 2. The van der Waals surface area contributed by atoms with Crippen LogP contribution in [0.4, 0.5) is 0 Å². The lowest BCUT2D eigenvalue weighted by Gasteiger charge is -2.35. The summed E-state index contributed by atoms with van der Waals surface area (Å²) in [6, 6.07) is 5.52. The number of pyridine rings is 1. The number of H-pyrrole nitrogens is 1. The van der Waals surface area contributed by atoms with Gasteiger partial charge in [-0.25, -0.2) is 0 Å². The maximum atomic E-state index is 12.9. The molecule has 142 valence electrons. The molecule has 7 nitrogen and oxygen atoms in total. The van der Waals surface area contributed by atoms with Crippen molar-refractivity contribution >= 4 is 11.8 Å². The zero-order valence-corrected chi connectivity index (χ0v) is 15.4. The molecule has 4 rings (SSSR count). The molecule has 0 unspecified atom stereocenters. The van der Waals surface area contributed by atoms with Crippen LogP contribution in [0.2, 0.25) is 0 Å². The highest BCUT2D eigenvalue weighted by molar-refractivity contribution is 5.94. The van der Waals surface area contributed by atoms with Crippen molar-refractivity contribution in [2.24, 2.45) is 0 Å². The number of rotatable bonds is 4. The Kier molecular flexibility index (Phi) is 5.18. The van der Waals surface area contributed by atoms with Crippen LogP contribution in [0.25, 0.3) is 0 Å². The number of likely N-dealkylation sites (tertiary alicyclic amines) is 1. The van der Waals surface area contributed by atoms with Gasteiger partial charge in [0, 0.05) is 25.0 Å². The van der Waals surface area contributed by atoms with Gasteiger partial charge in [0.2, 0.25) is 0 Å². The Labute approximate surface area is 158 Å². The SMILES string of the molecule is O=C(NC1CCCC1)c1cc([C@H]2CCCCN2C(=O)c2cccnc2)[nH]n1. The van der Waals surface area contributed by atoms with E-state index in [1.165, 1.54) is 12.8 Å². The molecule has 2 amide bonds. The predicted octanol–water partition coefficient (Wildman–Crippen LogP) is 2.84. The Balaban J connectivity index is 1.50. The fourth-order valence-electron chi connectivity index (χ4n) is 4.11. The molecule has 2 aromatic rings. The minimum atomic E-state index is -0.134. The Morgan fingerprint density at radius 2 is 1.96 bits per heavy atom. The standard InChI is InChI=1S/C20H25N5O2/c26-19(22-15-7-1-2-8-15)17-12-16(23-24-17)18-9-3-4-11-25(18)20(27)14-6-5-10-21-13-14/h5-6,10,12-13,15,18H,1-4,7-9,11H2,(H,22,26)(H,23,24)/t18-/m1/s1. The van der Waals surface area contributed by atoms with Crippen molar-refractivity contribution in [3.63, 3.8) is 0 Å². The molecule has 1 aliphatic heterocycles. The third-order valence-corrected chi connectivity index (χ3v) is 5.55. The smallest absolute Gasteiger partial charge is 0.271 e. The van der Waals surface area contributed by atoms with Crippen molar-refractivity contribution in [2.75, 3.05) is 6.54 Å². The topological polar surface area (TPSA) is 91.0 Å². The normalized spacial score (nSPS) is 20.6. The van der Waals surface area contributed by atoms with Crippen LogP contribution in [0.3, 0.4) is 0 Å². The molecule has 1 aliphatic carbocycles. The summed E-state index contributed by atoms with van der Waals surface area (Å²) >= 11 is 0. The first kappa shape index (κ1) is 17.7. The highest BCUT2D eigenvalue weighted by Gasteiger charge is 2.31. The predicted molar refractivity (Wildman–Crippen MR) is 100 cm³/mol. The van der Waals surface area contributed by atoms with Crippen LogP contribution in [0, 0.1) is 0 Å². The Bertz CT molecular complexity index is 798. The van der Waals surface area contributed by atoms with Crippen molar-refractivity contribution < 1.29 is 9.59 Å². The highest BCUT2D eigenvalue weighted by atomic mass is 16.2. The lowest BCUT2D eigenvalue weighted by molar-refractivity contribution is 0.0605. The number of amides is 2. The van der Waals surface area contributed by atoms with Gasteiger partial charge in [0.05, 0.1) is 17.3 Å². The van der Waals surface area contributed by atoms with Crippen LogP contribution in [0.5, 0.6) is 0 Å². The van der Waals surface area contributed by atoms with E-state index < -0.39 is 0 Å². The molecule has 7 heteroatoms. The van der Waals surface area contributed by atoms with E-state index in [9.17, 15) is 9.59 Å². The summed E-state index contributed by atoms with van der Waals surface area (Å²) in [5.74, 6) is -0.162. The van der Waals surface area contributed by atoms with Gasteiger partial charge in [-0.15, -0.1) is 0 Å². The number of aromatic nitrogens is 3. The molecule has 0 aromatic carbocycles. The van der Waals surface area contributed by atoms with Crippen molar-refractivity contribution in [3.05, 3.63) is 47.5 Å². The maximum Gasteiger partial charge on any atom is 0.271 e. The average molecular weight is 367 g/mol. The molecule has 1 saturated heterocycles. The van der Waals surface area contributed by atoms with Gasteiger partial charge >= 0.3 is 0 Å². The van der Waals surface area contributed by atoms with E-state index in [-0.39, 0.29) is 23.9 Å². The van der Waals surface area contributed by atoms with E-state index in [1.807, 2.05) is 4.90 Å². The molecule has 3 heterocycles. The number of carbonyl (C=O) groups is 2. The molecule has 2 fully saturated rings. The first-order valence-electron chi connectivity index (χ1n) is 9.79. The zero-order chi connectivity index (χ0) is 18.6.